The molecule has 2 aliphatic heterocycles. The van der Waals surface area contributed by atoms with Crippen molar-refractivity contribution in [2.75, 3.05) is 19.9 Å². The third-order valence-corrected chi connectivity index (χ3v) is 7.76. The number of oxime groups is 1. The SMILES string of the molecule is CC1(F)C=C(CN2C(=O)/C(=N\O)C3(C)CC=C(NC(=O)c4cccc(Cl)c4Cl)C=C23)C2=C(COCO2)C1. The number of fused-ring (bicyclic) bond motifs is 1. The van der Waals surface area contributed by atoms with Crippen LogP contribution in [0, 0.1) is 5.41 Å². The zero-order valence-electron chi connectivity index (χ0n) is 20.1. The summed E-state index contributed by atoms with van der Waals surface area (Å²) >= 11 is 12.2. The van der Waals surface area contributed by atoms with Gasteiger partial charge in [0.15, 0.2) is 12.5 Å². The summed E-state index contributed by atoms with van der Waals surface area (Å²) < 4.78 is 26.2. The maximum Gasteiger partial charge on any atom is 0.277 e. The third-order valence-electron chi connectivity index (χ3n) is 6.94. The minimum Gasteiger partial charge on any atom is -0.467 e. The highest BCUT2D eigenvalue weighted by atomic mass is 35.5. The average molecular weight is 548 g/mol. The number of carbonyl (C=O) groups excluding carboxylic acids is 2. The van der Waals surface area contributed by atoms with Gasteiger partial charge in [-0.2, -0.15) is 0 Å². The lowest BCUT2D eigenvalue weighted by Gasteiger charge is -2.34. The molecule has 5 rings (SSSR count). The molecule has 194 valence electrons. The summed E-state index contributed by atoms with van der Waals surface area (Å²) in [7, 11) is 0. The predicted molar refractivity (Wildman–Crippen MR) is 135 cm³/mol. The average Bonchev–Trinajstić information content (AvgIpc) is 3.05. The number of benzene rings is 1. The van der Waals surface area contributed by atoms with Crippen molar-refractivity contribution in [2.24, 2.45) is 10.6 Å². The Bertz CT molecular complexity index is 1360. The molecule has 2 unspecified atom stereocenters. The van der Waals surface area contributed by atoms with Crippen LogP contribution in [0.2, 0.25) is 10.0 Å². The van der Waals surface area contributed by atoms with Gasteiger partial charge in [0.1, 0.15) is 11.4 Å². The Morgan fingerprint density at radius 1 is 1.32 bits per heavy atom. The standard InChI is InChI=1S/C26H24Cl2FN3O5/c1-25(29)9-14(21-15(10-25)12-36-13-37-21)11-32-19-8-16(6-7-26(19,2)22(31-35)24(32)34)30-23(33)17-4-3-5-18(27)20(17)28/h3-6,8-9,35H,7,10-13H2,1-2H3,(H,30,33)/b31-22+. The Labute approximate surface area is 222 Å². The zero-order chi connectivity index (χ0) is 26.5. The molecule has 1 aromatic rings. The van der Waals surface area contributed by atoms with Crippen molar-refractivity contribution in [3.8, 4) is 0 Å². The van der Waals surface area contributed by atoms with Gasteiger partial charge in [0.05, 0.1) is 34.2 Å². The van der Waals surface area contributed by atoms with Crippen LogP contribution in [-0.4, -0.2) is 53.2 Å². The first-order valence-corrected chi connectivity index (χ1v) is 12.4. The molecule has 2 aliphatic carbocycles. The van der Waals surface area contributed by atoms with Crippen LogP contribution in [0.15, 0.2) is 69.9 Å². The first-order valence-electron chi connectivity index (χ1n) is 11.6. The van der Waals surface area contributed by atoms with Crippen molar-refractivity contribution in [1.29, 1.82) is 0 Å². The van der Waals surface area contributed by atoms with Crippen LogP contribution in [-0.2, 0) is 14.3 Å². The first-order chi connectivity index (χ1) is 17.5. The number of amides is 2. The molecule has 1 saturated heterocycles. The van der Waals surface area contributed by atoms with Crippen molar-refractivity contribution in [3.63, 3.8) is 0 Å². The van der Waals surface area contributed by atoms with Gasteiger partial charge in [0, 0.05) is 29.0 Å². The van der Waals surface area contributed by atoms with Crippen molar-refractivity contribution in [2.45, 2.75) is 32.4 Å². The summed E-state index contributed by atoms with van der Waals surface area (Å²) in [5, 5.41) is 16.2. The monoisotopic (exact) mass is 547 g/mol. The number of nitrogens with zero attached hydrogens (tertiary/aromatic N) is 2. The number of allylic oxidation sites excluding steroid dienone is 4. The van der Waals surface area contributed by atoms with Crippen LogP contribution in [0.3, 0.4) is 0 Å². The number of carbonyl (C=O) groups is 2. The molecule has 1 fully saturated rings. The highest BCUT2D eigenvalue weighted by Gasteiger charge is 2.52. The molecule has 0 aromatic heterocycles. The Hall–Kier alpha value is -3.14. The highest BCUT2D eigenvalue weighted by Crippen LogP contribution is 2.46. The van der Waals surface area contributed by atoms with Gasteiger partial charge in [0.2, 0.25) is 0 Å². The third kappa shape index (κ3) is 4.45. The maximum absolute atomic E-state index is 15.2. The van der Waals surface area contributed by atoms with E-state index >= 15 is 4.39 Å². The van der Waals surface area contributed by atoms with Gasteiger partial charge in [-0.25, -0.2) is 4.39 Å². The summed E-state index contributed by atoms with van der Waals surface area (Å²) in [6.45, 7) is 3.49. The molecule has 2 atom stereocenters. The summed E-state index contributed by atoms with van der Waals surface area (Å²) in [5.41, 5.74) is -0.324. The second-order valence-corrected chi connectivity index (χ2v) is 10.6. The Kier molecular flexibility index (Phi) is 6.42. The van der Waals surface area contributed by atoms with Gasteiger partial charge >= 0.3 is 0 Å². The highest BCUT2D eigenvalue weighted by molar-refractivity contribution is 6.44. The van der Waals surface area contributed by atoms with E-state index in [0.717, 1.165) is 0 Å². The first kappa shape index (κ1) is 25.5. The van der Waals surface area contributed by atoms with Crippen molar-refractivity contribution < 1.29 is 28.7 Å². The van der Waals surface area contributed by atoms with Crippen LogP contribution < -0.4 is 5.32 Å². The molecule has 37 heavy (non-hydrogen) atoms. The molecule has 0 bridgehead atoms. The van der Waals surface area contributed by atoms with Crippen molar-refractivity contribution in [1.82, 2.24) is 10.2 Å². The van der Waals surface area contributed by atoms with Crippen LogP contribution in [0.25, 0.3) is 0 Å². The Morgan fingerprint density at radius 2 is 2.11 bits per heavy atom. The Balaban J connectivity index is 1.48. The molecule has 2 amide bonds. The molecular weight excluding hydrogens is 524 g/mol. The van der Waals surface area contributed by atoms with Gasteiger partial charge in [-0.3, -0.25) is 9.59 Å². The molecule has 0 radical (unpaired) electrons. The number of halogens is 3. The normalized spacial score (nSPS) is 28.2. The van der Waals surface area contributed by atoms with Gasteiger partial charge in [-0.15, -0.1) is 0 Å². The fourth-order valence-electron chi connectivity index (χ4n) is 5.20. The molecule has 2 heterocycles. The van der Waals surface area contributed by atoms with Crippen molar-refractivity contribution >= 4 is 40.7 Å². The van der Waals surface area contributed by atoms with E-state index in [1.807, 2.05) is 0 Å². The van der Waals surface area contributed by atoms with Crippen LogP contribution in [0.1, 0.15) is 37.0 Å². The summed E-state index contributed by atoms with van der Waals surface area (Å²) in [6, 6.07) is 4.75. The molecular formula is C26H24Cl2FN3O5. The van der Waals surface area contributed by atoms with E-state index in [0.29, 0.717) is 28.3 Å². The maximum atomic E-state index is 15.2. The van der Waals surface area contributed by atoms with E-state index in [1.54, 1.807) is 37.3 Å². The van der Waals surface area contributed by atoms with Gasteiger partial charge in [-0.1, -0.05) is 40.5 Å². The lowest BCUT2D eigenvalue weighted by Crippen LogP contribution is -2.34. The van der Waals surface area contributed by atoms with E-state index in [1.165, 1.54) is 17.9 Å². The smallest absolute Gasteiger partial charge is 0.277 e. The minimum atomic E-state index is -1.64. The van der Waals surface area contributed by atoms with Gasteiger partial charge in [-0.05, 0) is 44.6 Å². The number of alkyl halides is 1. The number of nitrogens with one attached hydrogen (secondary N) is 1. The summed E-state index contributed by atoms with van der Waals surface area (Å²) in [6.07, 6.45) is 5.25. The molecule has 4 aliphatic rings. The fourth-order valence-corrected chi connectivity index (χ4v) is 5.58. The molecule has 11 heteroatoms. The summed E-state index contributed by atoms with van der Waals surface area (Å²) in [5.74, 6) is -0.475. The van der Waals surface area contributed by atoms with E-state index in [9.17, 15) is 14.8 Å². The second-order valence-electron chi connectivity index (χ2n) is 9.79. The van der Waals surface area contributed by atoms with Crippen LogP contribution in [0.5, 0.6) is 0 Å². The van der Waals surface area contributed by atoms with E-state index < -0.39 is 22.9 Å². The van der Waals surface area contributed by atoms with Crippen molar-refractivity contribution in [3.05, 3.63) is 80.3 Å². The quantitative estimate of drug-likeness (QED) is 0.413. The second kappa shape index (κ2) is 9.31. The Morgan fingerprint density at radius 3 is 2.86 bits per heavy atom. The van der Waals surface area contributed by atoms with Crippen LogP contribution >= 0.6 is 23.2 Å². The molecule has 1 aromatic carbocycles. The number of likely N-dealkylation sites (tertiary alicyclic amines) is 1. The van der Waals surface area contributed by atoms with E-state index in [-0.39, 0.29) is 54.1 Å². The minimum absolute atomic E-state index is 0.0149. The zero-order valence-corrected chi connectivity index (χ0v) is 21.6. The number of ether oxygens (including phenoxy) is 2. The lowest BCUT2D eigenvalue weighted by atomic mass is 9.78. The molecule has 0 saturated carbocycles. The molecule has 0 spiro atoms. The number of rotatable bonds is 4. The molecule has 8 nitrogen and oxygen atoms in total. The predicted octanol–water partition coefficient (Wildman–Crippen LogP) is 4.89. The largest absolute Gasteiger partial charge is 0.467 e. The van der Waals surface area contributed by atoms with E-state index in [4.69, 9.17) is 32.7 Å². The number of hydrogen-bond acceptors (Lipinski definition) is 6. The van der Waals surface area contributed by atoms with Crippen LogP contribution in [0.4, 0.5) is 4.39 Å². The summed E-state index contributed by atoms with van der Waals surface area (Å²) in [4.78, 5) is 27.7. The number of hydrogen-bond donors (Lipinski definition) is 2. The van der Waals surface area contributed by atoms with Gasteiger partial charge in [0.25, 0.3) is 11.8 Å². The lowest BCUT2D eigenvalue weighted by molar-refractivity contribution is -0.121. The van der Waals surface area contributed by atoms with E-state index in [2.05, 4.69) is 10.5 Å². The fraction of sp³-hybridized carbons (Fsp3) is 0.346. The molecule has 2 N–H and O–H groups in total. The van der Waals surface area contributed by atoms with Gasteiger partial charge < -0.3 is 24.9 Å². The topological polar surface area (TPSA) is 100 Å².